The summed E-state index contributed by atoms with van der Waals surface area (Å²) in [6, 6.07) is 15.5. The van der Waals surface area contributed by atoms with Crippen LogP contribution in [0.2, 0.25) is 0 Å². The van der Waals surface area contributed by atoms with E-state index < -0.39 is 0 Å². The molecule has 4 rings (SSSR count). The van der Waals surface area contributed by atoms with Crippen molar-refractivity contribution in [2.24, 2.45) is 14.1 Å². The van der Waals surface area contributed by atoms with Gasteiger partial charge in [-0.1, -0.05) is 24.3 Å². The summed E-state index contributed by atoms with van der Waals surface area (Å²) >= 11 is 0. The van der Waals surface area contributed by atoms with Crippen molar-refractivity contribution in [1.82, 2.24) is 9.13 Å². The molecule has 5 heteroatoms. The fourth-order valence-electron chi connectivity index (χ4n) is 3.94. The van der Waals surface area contributed by atoms with Crippen molar-refractivity contribution in [1.29, 1.82) is 0 Å². The Labute approximate surface area is 181 Å². The van der Waals surface area contributed by atoms with Crippen LogP contribution in [-0.2, 0) is 26.9 Å². The van der Waals surface area contributed by atoms with Crippen molar-refractivity contribution in [3.8, 4) is 11.3 Å². The Morgan fingerprint density at radius 3 is 1.97 bits per heavy atom. The van der Waals surface area contributed by atoms with E-state index in [9.17, 15) is 9.59 Å². The molecule has 0 atom stereocenters. The lowest BCUT2D eigenvalue weighted by atomic mass is 10.0. The van der Waals surface area contributed by atoms with Crippen molar-refractivity contribution >= 4 is 11.6 Å². The normalized spacial score (nSPS) is 11.1. The van der Waals surface area contributed by atoms with Gasteiger partial charge in [0.15, 0.2) is 11.6 Å². The number of carbonyl (C=O) groups excluding carboxylic acids is 2. The second-order valence-electron chi connectivity index (χ2n) is 8.17. The van der Waals surface area contributed by atoms with E-state index >= 15 is 0 Å². The fraction of sp³-hybridized carbons (Fsp3) is 0.231. The van der Waals surface area contributed by atoms with Gasteiger partial charge < -0.3 is 13.6 Å². The smallest absolute Gasteiger partial charge is 0.183 e. The lowest BCUT2D eigenvalue weighted by Crippen LogP contribution is -2.08. The summed E-state index contributed by atoms with van der Waals surface area (Å²) in [5.41, 5.74) is 5.12. The number of nitrogens with zero attached hydrogens (tertiary/aromatic N) is 2. The average Bonchev–Trinajstić information content (AvgIpc) is 3.41. The molecular weight excluding hydrogens is 388 g/mol. The zero-order valence-electron chi connectivity index (χ0n) is 18.3. The third-order valence-corrected chi connectivity index (χ3v) is 5.48. The Hall–Kier alpha value is -3.60. The first-order valence-corrected chi connectivity index (χ1v) is 10.3. The molecule has 0 fully saturated rings. The highest BCUT2D eigenvalue weighted by molar-refractivity contribution is 5.98. The minimum atomic E-state index is 0.0255. The first kappa shape index (κ1) is 20.7. The number of ketones is 2. The second-order valence-corrected chi connectivity index (χ2v) is 8.17. The van der Waals surface area contributed by atoms with E-state index in [4.69, 9.17) is 4.42 Å². The van der Waals surface area contributed by atoms with E-state index in [-0.39, 0.29) is 18.0 Å². The molecule has 0 spiro atoms. The Bertz CT molecular complexity index is 1250. The van der Waals surface area contributed by atoms with E-state index in [1.165, 1.54) is 0 Å². The number of Topliss-reactive ketones (excluding diaryl/α,β-unsaturated/α-hetero) is 2. The topological polar surface area (TPSA) is 57.1 Å². The van der Waals surface area contributed by atoms with Crippen LogP contribution < -0.4 is 0 Å². The maximum Gasteiger partial charge on any atom is 0.183 e. The van der Waals surface area contributed by atoms with Gasteiger partial charge in [0.2, 0.25) is 0 Å². The summed E-state index contributed by atoms with van der Waals surface area (Å²) in [7, 11) is 3.72. The first-order valence-electron chi connectivity index (χ1n) is 10.3. The highest BCUT2D eigenvalue weighted by Gasteiger charge is 2.17. The molecule has 0 radical (unpaired) electrons. The van der Waals surface area contributed by atoms with Gasteiger partial charge in [-0.2, -0.15) is 0 Å². The van der Waals surface area contributed by atoms with E-state index in [2.05, 4.69) is 0 Å². The lowest BCUT2D eigenvalue weighted by molar-refractivity contribution is 0.0975. The molecule has 158 valence electrons. The van der Waals surface area contributed by atoms with Gasteiger partial charge in [-0.25, -0.2) is 0 Å². The molecule has 3 heterocycles. The molecule has 0 bridgehead atoms. The van der Waals surface area contributed by atoms with Crippen molar-refractivity contribution < 1.29 is 14.0 Å². The molecule has 0 aliphatic rings. The first-order chi connectivity index (χ1) is 14.8. The molecule has 5 nitrogen and oxygen atoms in total. The minimum absolute atomic E-state index is 0.0255. The number of aromatic nitrogens is 2. The zero-order chi connectivity index (χ0) is 22.1. The van der Waals surface area contributed by atoms with Crippen molar-refractivity contribution in [3.05, 3.63) is 94.8 Å². The van der Waals surface area contributed by atoms with Crippen LogP contribution in [0.15, 0.2) is 65.3 Å². The van der Waals surface area contributed by atoms with E-state index in [1.54, 1.807) is 4.57 Å². The van der Waals surface area contributed by atoms with Crippen molar-refractivity contribution in [3.63, 3.8) is 0 Å². The van der Waals surface area contributed by atoms with Gasteiger partial charge in [-0.3, -0.25) is 9.59 Å². The summed E-state index contributed by atoms with van der Waals surface area (Å²) in [4.78, 5) is 25.5. The summed E-state index contributed by atoms with van der Waals surface area (Å²) in [6.07, 6.45) is 4.38. The van der Waals surface area contributed by atoms with Gasteiger partial charge in [0, 0.05) is 44.9 Å². The highest BCUT2D eigenvalue weighted by atomic mass is 16.3. The molecule has 1 aromatic carbocycles. The molecule has 0 unspecified atom stereocenters. The SMILES string of the molecule is Cc1cc(C(=O)Cc2cc(C(=O)Cc3ccc(-c4ccc(C)o4)cc3)n(C)c2)n(C)c1. The quantitative estimate of drug-likeness (QED) is 0.396. The molecule has 3 aromatic heterocycles. The van der Waals surface area contributed by atoms with Crippen molar-refractivity contribution in [2.45, 2.75) is 26.7 Å². The van der Waals surface area contributed by atoms with Gasteiger partial charge in [0.25, 0.3) is 0 Å². The van der Waals surface area contributed by atoms with Crippen LogP contribution >= 0.6 is 0 Å². The molecule has 4 aromatic rings. The molecule has 0 amide bonds. The van der Waals surface area contributed by atoms with Crippen LogP contribution in [0.5, 0.6) is 0 Å². The number of hydrogen-bond donors (Lipinski definition) is 0. The molecule has 31 heavy (non-hydrogen) atoms. The number of aryl methyl sites for hydroxylation is 4. The Balaban J connectivity index is 1.45. The third-order valence-electron chi connectivity index (χ3n) is 5.48. The predicted molar refractivity (Wildman–Crippen MR) is 121 cm³/mol. The molecule has 0 aliphatic carbocycles. The minimum Gasteiger partial charge on any atom is -0.461 e. The largest absolute Gasteiger partial charge is 0.461 e. The molecule has 0 aliphatic heterocycles. The number of furan rings is 1. The monoisotopic (exact) mass is 414 g/mol. The number of hydrogen-bond acceptors (Lipinski definition) is 3. The summed E-state index contributed by atoms with van der Waals surface area (Å²) < 4.78 is 9.31. The fourth-order valence-corrected chi connectivity index (χ4v) is 3.94. The van der Waals surface area contributed by atoms with Crippen LogP contribution in [0.3, 0.4) is 0 Å². The maximum atomic E-state index is 12.9. The van der Waals surface area contributed by atoms with Gasteiger partial charge in [0.05, 0.1) is 11.4 Å². The van der Waals surface area contributed by atoms with Crippen LogP contribution in [0.25, 0.3) is 11.3 Å². The van der Waals surface area contributed by atoms with Crippen LogP contribution in [0.1, 0.15) is 43.4 Å². The second kappa shape index (κ2) is 8.26. The highest BCUT2D eigenvalue weighted by Crippen LogP contribution is 2.23. The molecule has 0 saturated heterocycles. The summed E-state index contributed by atoms with van der Waals surface area (Å²) in [6.45, 7) is 3.89. The van der Waals surface area contributed by atoms with Crippen LogP contribution in [-0.4, -0.2) is 20.7 Å². The lowest BCUT2D eigenvalue weighted by Gasteiger charge is -2.04. The van der Waals surface area contributed by atoms with Gasteiger partial charge >= 0.3 is 0 Å². The predicted octanol–water partition coefficient (Wildman–Crippen LogP) is 5.09. The van der Waals surface area contributed by atoms with E-state index in [0.717, 1.165) is 33.8 Å². The molecule has 0 N–H and O–H groups in total. The summed E-state index contributed by atoms with van der Waals surface area (Å²) in [5.74, 6) is 1.76. The third kappa shape index (κ3) is 4.45. The van der Waals surface area contributed by atoms with Gasteiger partial charge in [0.1, 0.15) is 11.5 Å². The van der Waals surface area contributed by atoms with Crippen LogP contribution in [0, 0.1) is 13.8 Å². The van der Waals surface area contributed by atoms with E-state index in [1.807, 2.05) is 93.4 Å². The number of rotatable bonds is 7. The van der Waals surface area contributed by atoms with Crippen LogP contribution in [0.4, 0.5) is 0 Å². The average molecular weight is 415 g/mol. The van der Waals surface area contributed by atoms with Crippen molar-refractivity contribution in [2.75, 3.05) is 0 Å². The number of benzene rings is 1. The summed E-state index contributed by atoms with van der Waals surface area (Å²) in [5, 5.41) is 0. The standard InChI is InChI=1S/C26H26N2O3/c1-17-11-22(27(3)15-17)25(30)14-20-12-23(28(4)16-20)24(29)13-19-6-8-21(9-7-19)26-10-5-18(2)31-26/h5-12,15-16H,13-14H2,1-4H3. The Morgan fingerprint density at radius 2 is 1.39 bits per heavy atom. The Morgan fingerprint density at radius 1 is 0.774 bits per heavy atom. The van der Waals surface area contributed by atoms with Gasteiger partial charge in [-0.05, 0) is 54.8 Å². The molecular formula is C26H26N2O3. The Kier molecular flexibility index (Phi) is 5.51. The van der Waals surface area contributed by atoms with Gasteiger partial charge in [-0.15, -0.1) is 0 Å². The van der Waals surface area contributed by atoms with E-state index in [0.29, 0.717) is 17.8 Å². The molecule has 0 saturated carbocycles. The zero-order valence-corrected chi connectivity index (χ0v) is 18.3. The number of carbonyl (C=O) groups is 2. The maximum absolute atomic E-state index is 12.9.